The van der Waals surface area contributed by atoms with E-state index >= 15 is 0 Å². The number of methoxy groups -OCH3 is 1. The highest BCUT2D eigenvalue weighted by Crippen LogP contribution is 2.21. The molecule has 2 aromatic rings. The lowest BCUT2D eigenvalue weighted by Gasteiger charge is -2.27. The van der Waals surface area contributed by atoms with Crippen LogP contribution >= 0.6 is 22.9 Å². The molecule has 29 heavy (non-hydrogen) atoms. The molecule has 10 heteroatoms. The van der Waals surface area contributed by atoms with Crippen molar-refractivity contribution in [3.05, 3.63) is 45.6 Å². The Labute approximate surface area is 177 Å². The number of halogens is 1. The molecule has 1 aromatic carbocycles. The van der Waals surface area contributed by atoms with Crippen molar-refractivity contribution in [3.63, 3.8) is 0 Å². The number of amides is 2. The predicted molar refractivity (Wildman–Crippen MR) is 112 cm³/mol. The fraction of sp³-hybridized carbons (Fsp3) is 0.368. The van der Waals surface area contributed by atoms with Crippen LogP contribution in [0.15, 0.2) is 36.4 Å². The van der Waals surface area contributed by atoms with Gasteiger partial charge in [0.2, 0.25) is 0 Å². The molecule has 3 rings (SSSR count). The molecule has 1 atom stereocenters. The zero-order chi connectivity index (χ0) is 20.6. The van der Waals surface area contributed by atoms with Crippen molar-refractivity contribution < 1.29 is 23.9 Å². The number of carbonyl (C=O) groups is 2. The Balaban J connectivity index is 1.42. The smallest absolute Gasteiger partial charge is 0.284 e. The normalized spacial score (nSPS) is 15.2. The maximum atomic E-state index is 11.9. The Hall–Kier alpha value is -2.17. The van der Waals surface area contributed by atoms with E-state index in [-0.39, 0.29) is 31.1 Å². The predicted octanol–water partition coefficient (Wildman–Crippen LogP) is 2.55. The van der Waals surface area contributed by atoms with Gasteiger partial charge >= 0.3 is 0 Å². The second-order valence-electron chi connectivity index (χ2n) is 6.23. The minimum absolute atomic E-state index is 0.0413. The van der Waals surface area contributed by atoms with Crippen LogP contribution in [0, 0.1) is 0 Å². The summed E-state index contributed by atoms with van der Waals surface area (Å²) in [5, 5.41) is 3.25. The zero-order valence-corrected chi connectivity index (χ0v) is 17.4. The van der Waals surface area contributed by atoms with E-state index in [0.29, 0.717) is 28.9 Å². The Morgan fingerprint density at radius 2 is 2.10 bits per heavy atom. The lowest BCUT2D eigenvalue weighted by molar-refractivity contribution is -0.125. The first-order chi connectivity index (χ1) is 14.1. The van der Waals surface area contributed by atoms with Crippen LogP contribution in [0.3, 0.4) is 0 Å². The van der Waals surface area contributed by atoms with E-state index in [0.717, 1.165) is 11.4 Å². The van der Waals surface area contributed by atoms with E-state index < -0.39 is 0 Å². The standard InChI is InChI=1S/C19H22ClN3O5S/c1-26-15(11-28-22-19(25)16-6-7-17(20)29-16)10-21-13-2-4-14(5-3-13)23-8-9-27-12-18(23)24/h2-7,15,21H,8-12H2,1H3,(H,22,25). The summed E-state index contributed by atoms with van der Waals surface area (Å²) in [6, 6.07) is 10.9. The molecule has 1 aliphatic heterocycles. The summed E-state index contributed by atoms with van der Waals surface area (Å²) >= 11 is 6.99. The number of nitrogens with zero attached hydrogens (tertiary/aromatic N) is 1. The van der Waals surface area contributed by atoms with Gasteiger partial charge in [-0.05, 0) is 36.4 Å². The van der Waals surface area contributed by atoms with Crippen molar-refractivity contribution in [3.8, 4) is 0 Å². The van der Waals surface area contributed by atoms with E-state index in [1.807, 2.05) is 24.3 Å². The average molecular weight is 440 g/mol. The van der Waals surface area contributed by atoms with Gasteiger partial charge in [0.1, 0.15) is 19.3 Å². The summed E-state index contributed by atoms with van der Waals surface area (Å²) in [7, 11) is 1.57. The van der Waals surface area contributed by atoms with Crippen LogP contribution in [0.5, 0.6) is 0 Å². The molecule has 0 bridgehead atoms. The summed E-state index contributed by atoms with van der Waals surface area (Å²) < 4.78 is 11.1. The molecule has 2 N–H and O–H groups in total. The summed E-state index contributed by atoms with van der Waals surface area (Å²) in [4.78, 5) is 31.2. The van der Waals surface area contributed by atoms with Crippen molar-refractivity contribution in [2.75, 3.05) is 50.2 Å². The van der Waals surface area contributed by atoms with Crippen LogP contribution in [0.2, 0.25) is 4.34 Å². The fourth-order valence-corrected chi connectivity index (χ4v) is 3.61. The first kappa shape index (κ1) is 21.5. The maximum absolute atomic E-state index is 11.9. The third kappa shape index (κ3) is 6.15. The van der Waals surface area contributed by atoms with Gasteiger partial charge in [-0.15, -0.1) is 11.3 Å². The number of carbonyl (C=O) groups excluding carboxylic acids is 2. The van der Waals surface area contributed by atoms with Crippen LogP contribution in [-0.2, 0) is 19.1 Å². The number of hydroxylamine groups is 1. The number of rotatable bonds is 9. The van der Waals surface area contributed by atoms with Crippen molar-refractivity contribution >= 4 is 46.1 Å². The summed E-state index contributed by atoms with van der Waals surface area (Å²) in [6.45, 7) is 1.86. The van der Waals surface area contributed by atoms with Gasteiger partial charge in [-0.1, -0.05) is 11.6 Å². The van der Waals surface area contributed by atoms with Crippen LogP contribution in [-0.4, -0.2) is 57.9 Å². The van der Waals surface area contributed by atoms with Crippen LogP contribution < -0.4 is 15.7 Å². The minimum Gasteiger partial charge on any atom is -0.382 e. The van der Waals surface area contributed by atoms with E-state index in [1.54, 1.807) is 24.1 Å². The molecule has 2 amide bonds. The van der Waals surface area contributed by atoms with Crippen molar-refractivity contribution in [1.29, 1.82) is 0 Å². The SMILES string of the molecule is COC(CNc1ccc(N2CCOCC2=O)cc1)CONC(=O)c1ccc(Cl)s1. The van der Waals surface area contributed by atoms with Gasteiger partial charge in [0.15, 0.2) is 0 Å². The topological polar surface area (TPSA) is 89.1 Å². The molecule has 8 nitrogen and oxygen atoms in total. The second-order valence-corrected chi connectivity index (χ2v) is 7.94. The molecule has 0 radical (unpaired) electrons. The Kier molecular flexibility index (Phi) is 7.84. The monoisotopic (exact) mass is 439 g/mol. The molecule has 2 heterocycles. The lowest BCUT2D eigenvalue weighted by atomic mass is 10.2. The number of benzene rings is 1. The van der Waals surface area contributed by atoms with E-state index in [2.05, 4.69) is 10.8 Å². The summed E-state index contributed by atoms with van der Waals surface area (Å²) in [5.74, 6) is -0.390. The molecule has 0 aliphatic carbocycles. The fourth-order valence-electron chi connectivity index (χ4n) is 2.68. The Bertz CT molecular complexity index is 830. The molecule has 1 aromatic heterocycles. The largest absolute Gasteiger partial charge is 0.382 e. The maximum Gasteiger partial charge on any atom is 0.284 e. The third-order valence-corrected chi connectivity index (χ3v) is 5.49. The molecule has 0 saturated carbocycles. The van der Waals surface area contributed by atoms with E-state index in [1.165, 1.54) is 11.3 Å². The molecule has 0 spiro atoms. The second kappa shape index (κ2) is 10.6. The van der Waals surface area contributed by atoms with E-state index in [4.69, 9.17) is 25.9 Å². The minimum atomic E-state index is -0.349. The number of thiophene rings is 1. The highest BCUT2D eigenvalue weighted by atomic mass is 35.5. The highest BCUT2D eigenvalue weighted by molar-refractivity contribution is 7.17. The quantitative estimate of drug-likeness (QED) is 0.584. The van der Waals surface area contributed by atoms with Gasteiger partial charge in [-0.25, -0.2) is 5.48 Å². The molecule has 1 saturated heterocycles. The molecule has 1 unspecified atom stereocenters. The van der Waals surface area contributed by atoms with Gasteiger partial charge in [0.25, 0.3) is 11.8 Å². The number of hydrogen-bond donors (Lipinski definition) is 2. The number of anilines is 2. The van der Waals surface area contributed by atoms with Gasteiger partial charge in [-0.3, -0.25) is 14.4 Å². The van der Waals surface area contributed by atoms with Crippen molar-refractivity contribution in [2.45, 2.75) is 6.10 Å². The Morgan fingerprint density at radius 3 is 2.76 bits per heavy atom. The van der Waals surface area contributed by atoms with Gasteiger partial charge < -0.3 is 19.7 Å². The lowest BCUT2D eigenvalue weighted by Crippen LogP contribution is -2.41. The molecule has 156 valence electrons. The van der Waals surface area contributed by atoms with Crippen molar-refractivity contribution in [2.24, 2.45) is 0 Å². The number of morpholine rings is 1. The summed E-state index contributed by atoms with van der Waals surface area (Å²) in [6.07, 6.45) is -0.275. The molecular weight excluding hydrogens is 418 g/mol. The van der Waals surface area contributed by atoms with Gasteiger partial charge in [0, 0.05) is 31.6 Å². The van der Waals surface area contributed by atoms with Crippen LogP contribution in [0.1, 0.15) is 9.67 Å². The number of hydrogen-bond acceptors (Lipinski definition) is 7. The summed E-state index contributed by atoms with van der Waals surface area (Å²) in [5.41, 5.74) is 4.10. The van der Waals surface area contributed by atoms with E-state index in [9.17, 15) is 9.59 Å². The molecular formula is C19H22ClN3O5S. The number of nitrogens with one attached hydrogen (secondary N) is 2. The van der Waals surface area contributed by atoms with Crippen molar-refractivity contribution in [1.82, 2.24) is 5.48 Å². The Morgan fingerprint density at radius 1 is 1.31 bits per heavy atom. The van der Waals surface area contributed by atoms with Gasteiger partial charge in [-0.2, -0.15) is 0 Å². The van der Waals surface area contributed by atoms with Gasteiger partial charge in [0.05, 0.1) is 15.8 Å². The first-order valence-electron chi connectivity index (χ1n) is 8.99. The molecule has 1 aliphatic rings. The number of ether oxygens (including phenoxy) is 2. The highest BCUT2D eigenvalue weighted by Gasteiger charge is 2.20. The zero-order valence-electron chi connectivity index (χ0n) is 15.9. The average Bonchev–Trinajstić information content (AvgIpc) is 3.18. The molecule has 1 fully saturated rings. The van der Waals surface area contributed by atoms with Crippen LogP contribution in [0.25, 0.3) is 0 Å². The van der Waals surface area contributed by atoms with Crippen LogP contribution in [0.4, 0.5) is 11.4 Å². The third-order valence-electron chi connectivity index (χ3n) is 4.26. The first-order valence-corrected chi connectivity index (χ1v) is 10.2.